The molecule has 2 heterocycles. The van der Waals surface area contributed by atoms with Crippen LogP contribution in [0.1, 0.15) is 33.3 Å². The van der Waals surface area contributed by atoms with E-state index in [1.807, 2.05) is 29.6 Å². The van der Waals surface area contributed by atoms with E-state index >= 15 is 0 Å². The summed E-state index contributed by atoms with van der Waals surface area (Å²) in [6.07, 6.45) is 1.55. The SMILES string of the molecule is COc1ccc([C@@H]2CC(c3cccc(NS(C)(=O)=O)c3)=NN2C(=O)c2cccs2)cc1OC. The van der Waals surface area contributed by atoms with Gasteiger partial charge >= 0.3 is 0 Å². The standard InChI is InChI=1S/C23H23N3O5S2/c1-30-20-10-9-16(13-21(20)31-2)19-14-18(24-26(19)23(27)22-8-5-11-32-22)15-6-4-7-17(12-15)25-33(3,28)29/h4-13,19,25H,14H2,1-3H3/t19-/m0/s1. The smallest absolute Gasteiger partial charge is 0.284 e. The number of sulfonamides is 1. The predicted molar refractivity (Wildman–Crippen MR) is 129 cm³/mol. The van der Waals surface area contributed by atoms with E-state index in [1.165, 1.54) is 16.3 Å². The number of thiophene rings is 1. The van der Waals surface area contributed by atoms with Crippen LogP contribution in [0.4, 0.5) is 5.69 Å². The van der Waals surface area contributed by atoms with Gasteiger partial charge < -0.3 is 9.47 Å². The van der Waals surface area contributed by atoms with Gasteiger partial charge in [-0.05, 0) is 46.8 Å². The third-order valence-corrected chi connectivity index (χ3v) is 6.61. The largest absolute Gasteiger partial charge is 0.493 e. The molecular weight excluding hydrogens is 462 g/mol. The number of hydrogen-bond donors (Lipinski definition) is 1. The first-order valence-electron chi connectivity index (χ1n) is 10.0. The Morgan fingerprint density at radius 2 is 1.88 bits per heavy atom. The number of anilines is 1. The van der Waals surface area contributed by atoms with Gasteiger partial charge in [-0.25, -0.2) is 13.4 Å². The van der Waals surface area contributed by atoms with Crippen molar-refractivity contribution in [3.8, 4) is 11.5 Å². The molecule has 0 bridgehead atoms. The lowest BCUT2D eigenvalue weighted by Gasteiger charge is -2.22. The van der Waals surface area contributed by atoms with Crippen molar-refractivity contribution in [2.45, 2.75) is 12.5 Å². The number of hydrazone groups is 1. The summed E-state index contributed by atoms with van der Waals surface area (Å²) in [4.78, 5) is 13.9. The highest BCUT2D eigenvalue weighted by Crippen LogP contribution is 2.38. The van der Waals surface area contributed by atoms with Gasteiger partial charge in [0.2, 0.25) is 10.0 Å². The van der Waals surface area contributed by atoms with Crippen LogP contribution in [0.2, 0.25) is 0 Å². The molecule has 0 radical (unpaired) electrons. The van der Waals surface area contributed by atoms with Crippen LogP contribution in [-0.2, 0) is 10.0 Å². The number of carbonyl (C=O) groups is 1. The Hall–Kier alpha value is -3.37. The fraction of sp³-hybridized carbons (Fsp3) is 0.217. The van der Waals surface area contributed by atoms with E-state index in [2.05, 4.69) is 9.82 Å². The van der Waals surface area contributed by atoms with Crippen molar-refractivity contribution < 1.29 is 22.7 Å². The van der Waals surface area contributed by atoms with Crippen molar-refractivity contribution >= 4 is 38.7 Å². The Morgan fingerprint density at radius 3 is 2.55 bits per heavy atom. The molecule has 1 atom stereocenters. The maximum atomic E-state index is 13.3. The number of methoxy groups -OCH3 is 2. The molecule has 2 aromatic carbocycles. The monoisotopic (exact) mass is 485 g/mol. The second kappa shape index (κ2) is 9.24. The lowest BCUT2D eigenvalue weighted by Crippen LogP contribution is -2.26. The average molecular weight is 486 g/mol. The highest BCUT2D eigenvalue weighted by Gasteiger charge is 2.34. The third-order valence-electron chi connectivity index (χ3n) is 5.14. The second-order valence-electron chi connectivity index (χ2n) is 7.46. The summed E-state index contributed by atoms with van der Waals surface area (Å²) in [5, 5.41) is 8.00. The Morgan fingerprint density at radius 1 is 1.09 bits per heavy atom. The highest BCUT2D eigenvalue weighted by atomic mass is 32.2. The number of amides is 1. The molecule has 1 aliphatic heterocycles. The first kappa shape index (κ1) is 22.8. The first-order chi connectivity index (χ1) is 15.8. The highest BCUT2D eigenvalue weighted by molar-refractivity contribution is 7.92. The summed E-state index contributed by atoms with van der Waals surface area (Å²) in [6.45, 7) is 0. The zero-order valence-electron chi connectivity index (χ0n) is 18.3. The quantitative estimate of drug-likeness (QED) is 0.543. The average Bonchev–Trinajstić information content (AvgIpc) is 3.48. The molecule has 8 nitrogen and oxygen atoms in total. The van der Waals surface area contributed by atoms with Gasteiger partial charge in [-0.3, -0.25) is 9.52 Å². The van der Waals surface area contributed by atoms with E-state index in [0.717, 1.165) is 17.4 Å². The molecule has 3 aromatic rings. The number of nitrogens with zero attached hydrogens (tertiary/aromatic N) is 2. The van der Waals surface area contributed by atoms with Gasteiger partial charge in [0.15, 0.2) is 11.5 Å². The van der Waals surface area contributed by atoms with E-state index in [9.17, 15) is 13.2 Å². The number of ether oxygens (including phenoxy) is 2. The zero-order valence-corrected chi connectivity index (χ0v) is 19.9. The van der Waals surface area contributed by atoms with Crippen LogP contribution in [-0.4, -0.2) is 45.5 Å². The molecule has 0 saturated carbocycles. The summed E-state index contributed by atoms with van der Waals surface area (Å²) in [5.41, 5.74) is 2.69. The summed E-state index contributed by atoms with van der Waals surface area (Å²) in [7, 11) is -0.288. The molecule has 1 N–H and O–H groups in total. The second-order valence-corrected chi connectivity index (χ2v) is 10.2. The molecular formula is C23H23N3O5S2. The minimum Gasteiger partial charge on any atom is -0.493 e. The molecule has 33 heavy (non-hydrogen) atoms. The number of benzene rings is 2. The first-order valence-corrected chi connectivity index (χ1v) is 12.8. The normalized spacial score (nSPS) is 15.8. The molecule has 1 aromatic heterocycles. The van der Waals surface area contributed by atoms with Gasteiger partial charge in [-0.15, -0.1) is 11.3 Å². The molecule has 0 spiro atoms. The van der Waals surface area contributed by atoms with Crippen LogP contribution in [0.15, 0.2) is 65.1 Å². The molecule has 0 unspecified atom stereocenters. The Kier molecular flexibility index (Phi) is 6.39. The van der Waals surface area contributed by atoms with E-state index in [0.29, 0.717) is 34.2 Å². The third kappa shape index (κ3) is 5.01. The van der Waals surface area contributed by atoms with Crippen LogP contribution >= 0.6 is 11.3 Å². The van der Waals surface area contributed by atoms with Gasteiger partial charge in [-0.1, -0.05) is 24.3 Å². The van der Waals surface area contributed by atoms with Crippen LogP contribution in [0, 0.1) is 0 Å². The topological polar surface area (TPSA) is 97.3 Å². The van der Waals surface area contributed by atoms with Crippen molar-refractivity contribution in [3.63, 3.8) is 0 Å². The Labute approximate surface area is 196 Å². The number of hydrogen-bond acceptors (Lipinski definition) is 7. The molecule has 1 amide bonds. The van der Waals surface area contributed by atoms with Gasteiger partial charge in [-0.2, -0.15) is 5.10 Å². The molecule has 172 valence electrons. The molecule has 0 saturated heterocycles. The van der Waals surface area contributed by atoms with Crippen molar-refractivity contribution in [1.29, 1.82) is 0 Å². The number of nitrogens with one attached hydrogen (secondary N) is 1. The van der Waals surface area contributed by atoms with Crippen molar-refractivity contribution in [2.75, 3.05) is 25.2 Å². The van der Waals surface area contributed by atoms with Crippen LogP contribution < -0.4 is 14.2 Å². The lowest BCUT2D eigenvalue weighted by molar-refractivity contribution is 0.0716. The van der Waals surface area contributed by atoms with Crippen molar-refractivity contribution in [3.05, 3.63) is 76.0 Å². The summed E-state index contributed by atoms with van der Waals surface area (Å²) >= 11 is 1.35. The van der Waals surface area contributed by atoms with Crippen molar-refractivity contribution in [2.24, 2.45) is 5.10 Å². The van der Waals surface area contributed by atoms with Gasteiger partial charge in [0, 0.05) is 12.1 Å². The van der Waals surface area contributed by atoms with Gasteiger partial charge in [0.05, 0.1) is 37.1 Å². The van der Waals surface area contributed by atoms with Crippen LogP contribution in [0.5, 0.6) is 11.5 Å². The Bertz CT molecular complexity index is 1300. The maximum absolute atomic E-state index is 13.3. The zero-order chi connectivity index (χ0) is 23.6. The predicted octanol–water partition coefficient (Wildman–Crippen LogP) is 4.13. The molecule has 0 fully saturated rings. The van der Waals surface area contributed by atoms with E-state index in [1.54, 1.807) is 44.6 Å². The van der Waals surface area contributed by atoms with Crippen LogP contribution in [0.25, 0.3) is 0 Å². The van der Waals surface area contributed by atoms with Gasteiger partial charge in [0.25, 0.3) is 5.91 Å². The fourth-order valence-electron chi connectivity index (χ4n) is 3.68. The molecule has 10 heteroatoms. The Balaban J connectivity index is 1.73. The van der Waals surface area contributed by atoms with E-state index < -0.39 is 10.0 Å². The summed E-state index contributed by atoms with van der Waals surface area (Å²) in [5.74, 6) is 0.951. The number of rotatable bonds is 7. The van der Waals surface area contributed by atoms with Crippen molar-refractivity contribution in [1.82, 2.24) is 5.01 Å². The van der Waals surface area contributed by atoms with E-state index in [4.69, 9.17) is 9.47 Å². The summed E-state index contributed by atoms with van der Waals surface area (Å²) < 4.78 is 36.6. The molecule has 1 aliphatic rings. The maximum Gasteiger partial charge on any atom is 0.284 e. The fourth-order valence-corrected chi connectivity index (χ4v) is 4.89. The summed E-state index contributed by atoms with van der Waals surface area (Å²) in [6, 6.07) is 15.7. The lowest BCUT2D eigenvalue weighted by atomic mass is 9.97. The molecule has 4 rings (SSSR count). The van der Waals surface area contributed by atoms with E-state index in [-0.39, 0.29) is 11.9 Å². The van der Waals surface area contributed by atoms with Crippen LogP contribution in [0.3, 0.4) is 0 Å². The minimum atomic E-state index is -3.42. The minimum absolute atomic E-state index is 0.204. The molecule has 0 aliphatic carbocycles. The van der Waals surface area contributed by atoms with Gasteiger partial charge in [0.1, 0.15) is 0 Å². The number of carbonyl (C=O) groups excluding carboxylic acids is 1.